The fraction of sp³-hybridized carbons (Fsp3) is 0.261. The zero-order chi connectivity index (χ0) is 22.5. The zero-order valence-corrected chi connectivity index (χ0v) is 18.9. The maximum Gasteiger partial charge on any atom is 0.279 e. The Bertz CT molecular complexity index is 1410. The Labute approximate surface area is 186 Å². The molecule has 2 aromatic carbocycles. The van der Waals surface area contributed by atoms with Gasteiger partial charge in [-0.25, -0.2) is 8.42 Å². The molecule has 164 valence electrons. The number of hydrogen-bond acceptors (Lipinski definition) is 6. The van der Waals surface area contributed by atoms with Crippen molar-refractivity contribution < 1.29 is 12.9 Å². The summed E-state index contributed by atoms with van der Waals surface area (Å²) in [6.07, 6.45) is 0.558. The molecule has 32 heavy (non-hydrogen) atoms. The van der Waals surface area contributed by atoms with Gasteiger partial charge in [-0.1, -0.05) is 53.2 Å². The van der Waals surface area contributed by atoms with Crippen molar-refractivity contribution in [1.82, 2.24) is 24.2 Å². The van der Waals surface area contributed by atoms with Crippen molar-refractivity contribution in [1.29, 1.82) is 0 Å². The van der Waals surface area contributed by atoms with Crippen LogP contribution in [0.1, 0.15) is 22.4 Å². The highest BCUT2D eigenvalue weighted by Crippen LogP contribution is 2.33. The average molecular weight is 450 g/mol. The molecule has 0 aliphatic carbocycles. The lowest BCUT2D eigenvalue weighted by Gasteiger charge is -2.27. The number of fused-ring (bicyclic) bond motifs is 1. The molecule has 2 aromatic heterocycles. The van der Waals surface area contributed by atoms with Gasteiger partial charge in [0.05, 0.1) is 4.90 Å². The summed E-state index contributed by atoms with van der Waals surface area (Å²) < 4.78 is 35.6. The second-order valence-corrected chi connectivity index (χ2v) is 9.95. The molecule has 1 aliphatic rings. The molecule has 0 saturated heterocycles. The predicted molar refractivity (Wildman–Crippen MR) is 119 cm³/mol. The standard InChI is InChI=1S/C23H23N5O3S/c1-15-9-10-20(16(2)13-15)32(29,30)28-12-11-19-18(14-28)21(25-27(19)3)23-24-22(26-31-23)17-7-5-4-6-8-17/h4-10,13H,11-12,14H2,1-3H3. The minimum Gasteiger partial charge on any atom is -0.332 e. The van der Waals surface area contributed by atoms with Crippen LogP contribution in [0.15, 0.2) is 57.9 Å². The van der Waals surface area contributed by atoms with Gasteiger partial charge in [0.15, 0.2) is 5.69 Å². The summed E-state index contributed by atoms with van der Waals surface area (Å²) in [6.45, 7) is 4.37. The Morgan fingerprint density at radius 1 is 1.06 bits per heavy atom. The molecule has 1 aliphatic heterocycles. The fourth-order valence-corrected chi connectivity index (χ4v) is 5.81. The van der Waals surface area contributed by atoms with Crippen LogP contribution < -0.4 is 0 Å². The van der Waals surface area contributed by atoms with Gasteiger partial charge >= 0.3 is 0 Å². The summed E-state index contributed by atoms with van der Waals surface area (Å²) in [4.78, 5) is 4.85. The number of hydrogen-bond donors (Lipinski definition) is 0. The highest BCUT2D eigenvalue weighted by molar-refractivity contribution is 7.89. The topological polar surface area (TPSA) is 94.1 Å². The minimum atomic E-state index is -3.65. The van der Waals surface area contributed by atoms with E-state index in [1.165, 1.54) is 4.31 Å². The molecular weight excluding hydrogens is 426 g/mol. The van der Waals surface area contributed by atoms with Crippen molar-refractivity contribution in [3.8, 4) is 23.0 Å². The Hall–Kier alpha value is -3.30. The second-order valence-electron chi connectivity index (χ2n) is 8.04. The first kappa shape index (κ1) is 20.6. The summed E-state index contributed by atoms with van der Waals surface area (Å²) in [5.74, 6) is 0.752. The van der Waals surface area contributed by atoms with E-state index in [9.17, 15) is 8.42 Å². The van der Waals surface area contributed by atoms with E-state index in [2.05, 4.69) is 15.2 Å². The highest BCUT2D eigenvalue weighted by Gasteiger charge is 2.34. The van der Waals surface area contributed by atoms with Gasteiger partial charge in [0.2, 0.25) is 15.8 Å². The van der Waals surface area contributed by atoms with E-state index in [4.69, 9.17) is 4.52 Å². The predicted octanol–water partition coefficient (Wildman–Crippen LogP) is 3.50. The first-order valence-electron chi connectivity index (χ1n) is 10.4. The van der Waals surface area contributed by atoms with Crippen LogP contribution >= 0.6 is 0 Å². The summed E-state index contributed by atoms with van der Waals surface area (Å²) in [6, 6.07) is 14.9. The van der Waals surface area contributed by atoms with Crippen molar-refractivity contribution >= 4 is 10.0 Å². The summed E-state index contributed by atoms with van der Waals surface area (Å²) >= 11 is 0. The quantitative estimate of drug-likeness (QED) is 0.473. The van der Waals surface area contributed by atoms with Gasteiger partial charge in [-0.15, -0.1) is 0 Å². The second kappa shape index (κ2) is 7.68. The van der Waals surface area contributed by atoms with Crippen LogP contribution in [0.2, 0.25) is 0 Å². The number of benzene rings is 2. The van der Waals surface area contributed by atoms with Crippen molar-refractivity contribution in [3.05, 3.63) is 70.9 Å². The zero-order valence-electron chi connectivity index (χ0n) is 18.1. The number of nitrogens with zero attached hydrogens (tertiary/aromatic N) is 5. The van der Waals surface area contributed by atoms with Gasteiger partial charge < -0.3 is 4.52 Å². The van der Waals surface area contributed by atoms with E-state index >= 15 is 0 Å². The molecule has 0 spiro atoms. The molecule has 0 N–H and O–H groups in total. The van der Waals surface area contributed by atoms with Crippen LogP contribution in [-0.4, -0.2) is 39.2 Å². The molecule has 0 fully saturated rings. The van der Waals surface area contributed by atoms with E-state index in [-0.39, 0.29) is 12.4 Å². The first-order valence-corrected chi connectivity index (χ1v) is 11.8. The van der Waals surface area contributed by atoms with Crippen LogP contribution in [-0.2, 0) is 30.0 Å². The molecular formula is C23H23N5O3S. The average Bonchev–Trinajstić information content (AvgIpc) is 3.39. The fourth-order valence-electron chi connectivity index (χ4n) is 4.20. The number of aromatic nitrogens is 4. The molecule has 0 saturated carbocycles. The van der Waals surface area contributed by atoms with Crippen LogP contribution in [0.5, 0.6) is 0 Å². The Kier molecular flexibility index (Phi) is 4.94. The number of sulfonamides is 1. The molecule has 8 nitrogen and oxygen atoms in total. The summed E-state index contributed by atoms with van der Waals surface area (Å²) in [5, 5.41) is 8.68. The third-order valence-electron chi connectivity index (χ3n) is 5.82. The van der Waals surface area contributed by atoms with E-state index in [0.29, 0.717) is 29.4 Å². The largest absolute Gasteiger partial charge is 0.332 e. The van der Waals surface area contributed by atoms with Crippen molar-refractivity contribution in [3.63, 3.8) is 0 Å². The third kappa shape index (κ3) is 3.43. The number of aryl methyl sites for hydroxylation is 3. The molecule has 0 radical (unpaired) electrons. The highest BCUT2D eigenvalue weighted by atomic mass is 32.2. The molecule has 9 heteroatoms. The van der Waals surface area contributed by atoms with Crippen LogP contribution in [0, 0.1) is 13.8 Å². The molecule has 0 atom stereocenters. The third-order valence-corrected chi connectivity index (χ3v) is 7.82. The lowest BCUT2D eigenvalue weighted by Crippen LogP contribution is -2.36. The van der Waals surface area contributed by atoms with Crippen molar-refractivity contribution in [2.45, 2.75) is 31.7 Å². The van der Waals surface area contributed by atoms with Gasteiger partial charge in [0.25, 0.3) is 5.89 Å². The van der Waals surface area contributed by atoms with E-state index in [0.717, 1.165) is 27.9 Å². The number of rotatable bonds is 4. The maximum atomic E-state index is 13.4. The smallest absolute Gasteiger partial charge is 0.279 e. The summed E-state index contributed by atoms with van der Waals surface area (Å²) in [7, 11) is -1.80. The minimum absolute atomic E-state index is 0.206. The van der Waals surface area contributed by atoms with Crippen LogP contribution in [0.25, 0.3) is 23.0 Å². The SMILES string of the molecule is Cc1ccc(S(=O)(=O)N2CCc3c(c(-c4nc(-c5ccccc5)no4)nn3C)C2)c(C)c1. The maximum absolute atomic E-state index is 13.4. The Morgan fingerprint density at radius 2 is 1.84 bits per heavy atom. The van der Waals surface area contributed by atoms with Gasteiger partial charge in [0.1, 0.15) is 0 Å². The van der Waals surface area contributed by atoms with Gasteiger partial charge in [-0.2, -0.15) is 14.4 Å². The molecule has 0 bridgehead atoms. The van der Waals surface area contributed by atoms with Crippen molar-refractivity contribution in [2.24, 2.45) is 7.05 Å². The van der Waals surface area contributed by atoms with E-state index in [1.807, 2.05) is 63.4 Å². The molecule has 0 unspecified atom stereocenters. The Morgan fingerprint density at radius 3 is 2.59 bits per heavy atom. The lowest BCUT2D eigenvalue weighted by atomic mass is 10.1. The van der Waals surface area contributed by atoms with Crippen LogP contribution in [0.3, 0.4) is 0 Å². The van der Waals surface area contributed by atoms with E-state index in [1.54, 1.807) is 10.7 Å². The summed E-state index contributed by atoms with van der Waals surface area (Å²) in [5.41, 5.74) is 4.92. The molecule has 4 aromatic rings. The molecule has 0 amide bonds. The normalized spacial score (nSPS) is 14.5. The molecule has 5 rings (SSSR count). The lowest BCUT2D eigenvalue weighted by molar-refractivity contribution is 0.385. The van der Waals surface area contributed by atoms with Crippen LogP contribution in [0.4, 0.5) is 0 Å². The monoisotopic (exact) mass is 449 g/mol. The Balaban J connectivity index is 1.51. The van der Waals surface area contributed by atoms with E-state index < -0.39 is 10.0 Å². The molecule has 3 heterocycles. The van der Waals surface area contributed by atoms with Crippen molar-refractivity contribution in [2.75, 3.05) is 6.54 Å². The van der Waals surface area contributed by atoms with Gasteiger partial charge in [-0.05, 0) is 25.5 Å². The first-order chi connectivity index (χ1) is 15.3. The van der Waals surface area contributed by atoms with Gasteiger partial charge in [-0.3, -0.25) is 4.68 Å². The van der Waals surface area contributed by atoms with Gasteiger partial charge in [0, 0.05) is 43.4 Å².